The van der Waals surface area contributed by atoms with Crippen molar-refractivity contribution in [2.45, 2.75) is 58.3 Å². The number of carbonyl (C=O) groups excluding carboxylic acids is 1. The molecule has 4 atom stereocenters. The summed E-state index contributed by atoms with van der Waals surface area (Å²) in [6.07, 6.45) is 3.87. The third kappa shape index (κ3) is 2.99. The van der Waals surface area contributed by atoms with Crippen molar-refractivity contribution in [3.63, 3.8) is 0 Å². The van der Waals surface area contributed by atoms with Gasteiger partial charge < -0.3 is 15.0 Å². The number of aryl methyl sites for hydroxylation is 2. The normalized spacial score (nSPS) is 33.8. The second kappa shape index (κ2) is 6.40. The molecule has 1 aromatic heterocycles. The van der Waals surface area contributed by atoms with Gasteiger partial charge in [-0.1, -0.05) is 6.92 Å². The van der Waals surface area contributed by atoms with Crippen LogP contribution < -0.4 is 5.32 Å². The van der Waals surface area contributed by atoms with E-state index >= 15 is 0 Å². The molecule has 3 saturated heterocycles. The molecule has 1 aromatic rings. The van der Waals surface area contributed by atoms with Crippen LogP contribution in [-0.4, -0.2) is 58.5 Å². The minimum Gasteiger partial charge on any atom is -0.370 e. The first kappa shape index (κ1) is 17.0. The van der Waals surface area contributed by atoms with Crippen LogP contribution in [0.4, 0.5) is 0 Å². The summed E-state index contributed by atoms with van der Waals surface area (Å²) >= 11 is 0. The van der Waals surface area contributed by atoms with Gasteiger partial charge in [-0.3, -0.25) is 9.48 Å². The van der Waals surface area contributed by atoms with Crippen LogP contribution in [0.15, 0.2) is 6.07 Å². The van der Waals surface area contributed by atoms with Crippen LogP contribution in [0.5, 0.6) is 0 Å². The number of amides is 1. The molecule has 3 fully saturated rings. The average Bonchev–Trinajstić information content (AvgIpc) is 3.26. The summed E-state index contributed by atoms with van der Waals surface area (Å²) in [6, 6.07) is 2.00. The molecule has 138 valence electrons. The maximum absolute atomic E-state index is 12.4. The summed E-state index contributed by atoms with van der Waals surface area (Å²) in [6.45, 7) is 10.6. The Bertz CT molecular complexity index is 658. The number of rotatable bonds is 6. The van der Waals surface area contributed by atoms with E-state index in [4.69, 9.17) is 4.74 Å². The quantitative estimate of drug-likeness (QED) is 0.848. The molecule has 4 rings (SSSR count). The lowest BCUT2D eigenvalue weighted by molar-refractivity contribution is -0.122. The number of nitrogens with zero attached hydrogens (tertiary/aromatic N) is 3. The molecule has 6 heteroatoms. The standard InChI is InChI=1S/C19H30N4O2/c1-4-7-22-10-16-15(17-5-6-19(16,12-22)25-17)9-20-18(24)11-23-14(3)8-13(2)21-23/h8,15-17H,4-7,9-12H2,1-3H3,(H,20,24)/t15-,16+,17+,19+/m0/s1. The summed E-state index contributed by atoms with van der Waals surface area (Å²) in [5.74, 6) is 1.08. The van der Waals surface area contributed by atoms with Crippen molar-refractivity contribution in [3.05, 3.63) is 17.5 Å². The number of aromatic nitrogens is 2. The Kier molecular flexibility index (Phi) is 4.36. The highest BCUT2D eigenvalue weighted by Crippen LogP contribution is 2.54. The van der Waals surface area contributed by atoms with Gasteiger partial charge in [-0.25, -0.2) is 0 Å². The minimum atomic E-state index is 0.0476. The zero-order valence-electron chi connectivity index (χ0n) is 15.6. The molecule has 6 nitrogen and oxygen atoms in total. The van der Waals surface area contributed by atoms with Gasteiger partial charge in [-0.2, -0.15) is 5.10 Å². The first-order chi connectivity index (χ1) is 12.0. The SMILES string of the molecule is CCCN1C[C@@H]2[C@H](CNC(=O)Cn3nc(C)cc3C)[C@H]3CC[C@]2(C1)O3. The number of hydrogen-bond donors (Lipinski definition) is 1. The molecule has 0 saturated carbocycles. The van der Waals surface area contributed by atoms with E-state index < -0.39 is 0 Å². The van der Waals surface area contributed by atoms with E-state index in [0.717, 1.165) is 44.0 Å². The molecule has 1 spiro atoms. The van der Waals surface area contributed by atoms with Gasteiger partial charge in [0.15, 0.2) is 0 Å². The van der Waals surface area contributed by atoms with Gasteiger partial charge in [0.2, 0.25) is 5.91 Å². The van der Waals surface area contributed by atoms with Gasteiger partial charge in [0.1, 0.15) is 6.54 Å². The van der Waals surface area contributed by atoms with Crippen LogP contribution in [0.3, 0.4) is 0 Å². The summed E-state index contributed by atoms with van der Waals surface area (Å²) < 4.78 is 8.22. The highest BCUT2D eigenvalue weighted by molar-refractivity contribution is 5.75. The van der Waals surface area contributed by atoms with Crippen molar-refractivity contribution in [3.8, 4) is 0 Å². The van der Waals surface area contributed by atoms with E-state index in [9.17, 15) is 4.79 Å². The van der Waals surface area contributed by atoms with Crippen LogP contribution in [0.2, 0.25) is 0 Å². The van der Waals surface area contributed by atoms with Crippen molar-refractivity contribution in [2.24, 2.45) is 11.8 Å². The number of nitrogens with one attached hydrogen (secondary N) is 1. The van der Waals surface area contributed by atoms with E-state index in [1.54, 1.807) is 4.68 Å². The fourth-order valence-electron chi connectivity index (χ4n) is 5.30. The Morgan fingerprint density at radius 3 is 3.04 bits per heavy atom. The average molecular weight is 346 g/mol. The Balaban J connectivity index is 1.35. The zero-order valence-corrected chi connectivity index (χ0v) is 15.6. The van der Waals surface area contributed by atoms with Crippen molar-refractivity contribution >= 4 is 5.91 Å². The summed E-state index contributed by atoms with van der Waals surface area (Å²) in [5, 5.41) is 7.53. The molecule has 0 unspecified atom stereocenters. The number of fused-ring (bicyclic) bond motifs is 1. The maximum atomic E-state index is 12.4. The molecule has 0 radical (unpaired) electrons. The number of carbonyl (C=O) groups is 1. The predicted molar refractivity (Wildman–Crippen MR) is 95.3 cm³/mol. The van der Waals surface area contributed by atoms with Gasteiger partial charge in [0.25, 0.3) is 0 Å². The van der Waals surface area contributed by atoms with Crippen LogP contribution >= 0.6 is 0 Å². The second-order valence-corrected chi connectivity index (χ2v) is 8.15. The summed E-state index contributed by atoms with van der Waals surface area (Å²) in [7, 11) is 0. The fraction of sp³-hybridized carbons (Fsp3) is 0.789. The highest BCUT2D eigenvalue weighted by atomic mass is 16.5. The van der Waals surface area contributed by atoms with Gasteiger partial charge in [0, 0.05) is 37.2 Å². The van der Waals surface area contributed by atoms with Gasteiger partial charge in [-0.05, 0) is 45.7 Å². The second-order valence-electron chi connectivity index (χ2n) is 8.15. The topological polar surface area (TPSA) is 59.4 Å². The Hall–Kier alpha value is -1.40. The van der Waals surface area contributed by atoms with Crippen molar-refractivity contribution in [1.29, 1.82) is 0 Å². The molecule has 1 amide bonds. The van der Waals surface area contributed by atoms with E-state index in [1.165, 1.54) is 12.8 Å². The molecule has 3 aliphatic rings. The monoisotopic (exact) mass is 346 g/mol. The third-order valence-corrected chi connectivity index (χ3v) is 6.33. The van der Waals surface area contributed by atoms with Crippen molar-refractivity contribution in [1.82, 2.24) is 20.0 Å². The smallest absolute Gasteiger partial charge is 0.241 e. The van der Waals surface area contributed by atoms with Crippen LogP contribution in [0, 0.1) is 25.7 Å². The van der Waals surface area contributed by atoms with Crippen LogP contribution in [-0.2, 0) is 16.1 Å². The predicted octanol–water partition coefficient (Wildman–Crippen LogP) is 1.51. The Morgan fingerprint density at radius 2 is 2.32 bits per heavy atom. The highest BCUT2D eigenvalue weighted by Gasteiger charge is 2.62. The van der Waals surface area contributed by atoms with Gasteiger partial charge in [-0.15, -0.1) is 0 Å². The third-order valence-electron chi connectivity index (χ3n) is 6.33. The molecule has 3 aliphatic heterocycles. The maximum Gasteiger partial charge on any atom is 0.241 e. The van der Waals surface area contributed by atoms with Gasteiger partial charge >= 0.3 is 0 Å². The Morgan fingerprint density at radius 1 is 1.48 bits per heavy atom. The molecular weight excluding hydrogens is 316 g/mol. The molecule has 1 N–H and O–H groups in total. The fourth-order valence-corrected chi connectivity index (χ4v) is 5.30. The van der Waals surface area contributed by atoms with E-state index in [2.05, 4.69) is 22.2 Å². The summed E-state index contributed by atoms with van der Waals surface area (Å²) in [5.41, 5.74) is 2.06. The molecule has 25 heavy (non-hydrogen) atoms. The minimum absolute atomic E-state index is 0.0476. The van der Waals surface area contributed by atoms with Crippen LogP contribution in [0.25, 0.3) is 0 Å². The number of ether oxygens (including phenoxy) is 1. The first-order valence-corrected chi connectivity index (χ1v) is 9.68. The van der Waals surface area contributed by atoms with Crippen molar-refractivity contribution in [2.75, 3.05) is 26.2 Å². The largest absolute Gasteiger partial charge is 0.370 e. The van der Waals surface area contributed by atoms with Crippen LogP contribution in [0.1, 0.15) is 37.6 Å². The lowest BCUT2D eigenvalue weighted by atomic mass is 9.73. The van der Waals surface area contributed by atoms with Gasteiger partial charge in [0.05, 0.1) is 17.4 Å². The zero-order chi connectivity index (χ0) is 17.6. The van der Waals surface area contributed by atoms with E-state index in [-0.39, 0.29) is 11.5 Å². The number of hydrogen-bond acceptors (Lipinski definition) is 4. The van der Waals surface area contributed by atoms with Crippen molar-refractivity contribution < 1.29 is 9.53 Å². The van der Waals surface area contributed by atoms with E-state index in [0.29, 0.717) is 24.5 Å². The molecule has 2 bridgehead atoms. The molecule has 0 aliphatic carbocycles. The molecular formula is C19H30N4O2. The Labute approximate surface area is 149 Å². The number of likely N-dealkylation sites (tertiary alicyclic amines) is 1. The lowest BCUT2D eigenvalue weighted by Crippen LogP contribution is -2.42. The lowest BCUT2D eigenvalue weighted by Gasteiger charge is -2.29. The molecule has 0 aromatic carbocycles. The first-order valence-electron chi connectivity index (χ1n) is 9.68. The summed E-state index contributed by atoms with van der Waals surface area (Å²) in [4.78, 5) is 14.9. The van der Waals surface area contributed by atoms with E-state index in [1.807, 2.05) is 19.9 Å². The molecule has 4 heterocycles.